The Labute approximate surface area is 191 Å². The summed E-state index contributed by atoms with van der Waals surface area (Å²) < 4.78 is 18.8. The Morgan fingerprint density at radius 3 is 1.94 bits per heavy atom. The minimum absolute atomic E-state index is 0.666. The van der Waals surface area contributed by atoms with E-state index in [0.29, 0.717) is 6.61 Å². The lowest BCUT2D eigenvalue weighted by atomic mass is 10.1. The normalized spacial score (nSPS) is 12.0. The number of hydrogen-bond donors (Lipinski definition) is 0. The number of rotatable bonds is 15. The van der Waals surface area contributed by atoms with Crippen molar-refractivity contribution < 1.29 is 13.6 Å². The van der Waals surface area contributed by atoms with E-state index in [9.17, 15) is 0 Å². The number of unbranched alkanes of at least 4 members (excludes halogenated alkanes) is 5. The third kappa shape index (κ3) is 8.83. The van der Waals surface area contributed by atoms with Gasteiger partial charge in [0.1, 0.15) is 11.5 Å². The molecular formula is C27H41O3P. The monoisotopic (exact) mass is 444 g/mol. The second-order valence-corrected chi connectivity index (χ2v) is 9.19. The summed E-state index contributed by atoms with van der Waals surface area (Å²) >= 11 is 0. The standard InChI is InChI=1S/C27H41O3P/c1-6-10-11-12-13-14-19-28-31(29-26-17-15-22(5)20-24(26)8-3)30-27-18-16-23(7-2)21-25(27)9-4/h15-18,20-21H,6-14,19H2,1-5H3. The summed E-state index contributed by atoms with van der Waals surface area (Å²) in [6.45, 7) is 11.5. The zero-order valence-electron chi connectivity index (χ0n) is 20.2. The molecule has 0 aliphatic carbocycles. The van der Waals surface area contributed by atoms with Crippen molar-refractivity contribution in [1.82, 2.24) is 0 Å². The second-order valence-electron chi connectivity index (χ2n) is 8.12. The number of hydrogen-bond acceptors (Lipinski definition) is 3. The van der Waals surface area contributed by atoms with Crippen molar-refractivity contribution in [3.05, 3.63) is 58.7 Å². The fourth-order valence-electron chi connectivity index (χ4n) is 3.55. The SMILES string of the molecule is CCCCCCCCOP(Oc1ccc(C)cc1CC)Oc1ccc(CC)cc1CC. The van der Waals surface area contributed by atoms with Gasteiger partial charge in [-0.05, 0) is 61.4 Å². The fourth-order valence-corrected chi connectivity index (χ4v) is 4.64. The van der Waals surface area contributed by atoms with Gasteiger partial charge in [0.05, 0.1) is 6.61 Å². The van der Waals surface area contributed by atoms with Crippen LogP contribution in [0.3, 0.4) is 0 Å². The molecule has 0 aliphatic rings. The van der Waals surface area contributed by atoms with Crippen molar-refractivity contribution in [2.75, 3.05) is 6.61 Å². The Morgan fingerprint density at radius 2 is 1.29 bits per heavy atom. The summed E-state index contributed by atoms with van der Waals surface area (Å²) in [7, 11) is -1.51. The van der Waals surface area contributed by atoms with Crippen molar-refractivity contribution in [2.45, 2.75) is 92.4 Å². The molecule has 2 rings (SSSR count). The predicted octanol–water partition coefficient (Wildman–Crippen LogP) is 8.74. The first-order valence-corrected chi connectivity index (χ1v) is 13.2. The molecule has 2 aromatic carbocycles. The van der Waals surface area contributed by atoms with Crippen LogP contribution < -0.4 is 9.05 Å². The van der Waals surface area contributed by atoms with Crippen LogP contribution in [0.15, 0.2) is 36.4 Å². The van der Waals surface area contributed by atoms with Gasteiger partial charge in [0.2, 0.25) is 0 Å². The molecule has 0 heterocycles. The van der Waals surface area contributed by atoms with Gasteiger partial charge >= 0.3 is 8.60 Å². The van der Waals surface area contributed by atoms with Crippen molar-refractivity contribution in [3.8, 4) is 11.5 Å². The molecule has 0 amide bonds. The van der Waals surface area contributed by atoms with Crippen LogP contribution in [0.25, 0.3) is 0 Å². The van der Waals surface area contributed by atoms with Crippen molar-refractivity contribution in [2.24, 2.45) is 0 Å². The zero-order chi connectivity index (χ0) is 22.5. The van der Waals surface area contributed by atoms with E-state index in [0.717, 1.165) is 37.2 Å². The highest BCUT2D eigenvalue weighted by Crippen LogP contribution is 2.44. The molecule has 172 valence electrons. The lowest BCUT2D eigenvalue weighted by Gasteiger charge is -2.21. The van der Waals surface area contributed by atoms with E-state index in [-0.39, 0.29) is 0 Å². The number of benzene rings is 2. The first kappa shape index (κ1) is 25.7. The summed E-state index contributed by atoms with van der Waals surface area (Å²) in [6, 6.07) is 12.8. The minimum Gasteiger partial charge on any atom is -0.417 e. The summed E-state index contributed by atoms with van der Waals surface area (Å²) in [5, 5.41) is 0. The highest BCUT2D eigenvalue weighted by atomic mass is 31.2. The van der Waals surface area contributed by atoms with Gasteiger partial charge < -0.3 is 9.05 Å². The summed E-state index contributed by atoms with van der Waals surface area (Å²) in [6.07, 6.45) is 10.3. The molecule has 31 heavy (non-hydrogen) atoms. The van der Waals surface area contributed by atoms with Gasteiger partial charge in [0, 0.05) is 0 Å². The van der Waals surface area contributed by atoms with Crippen LogP contribution in [0.1, 0.15) is 88.5 Å². The molecule has 0 aliphatic heterocycles. The Morgan fingerprint density at radius 1 is 0.677 bits per heavy atom. The first-order chi connectivity index (χ1) is 15.1. The van der Waals surface area contributed by atoms with Crippen LogP contribution in [-0.2, 0) is 23.8 Å². The molecule has 0 radical (unpaired) electrons. The molecule has 0 spiro atoms. The third-order valence-electron chi connectivity index (χ3n) is 5.55. The van der Waals surface area contributed by atoms with Crippen LogP contribution in [0.5, 0.6) is 11.5 Å². The minimum atomic E-state index is -1.51. The Kier molecular flexibility index (Phi) is 12.0. The van der Waals surface area contributed by atoms with E-state index in [4.69, 9.17) is 13.6 Å². The Bertz CT molecular complexity index is 775. The van der Waals surface area contributed by atoms with Crippen molar-refractivity contribution >= 4 is 8.60 Å². The largest absolute Gasteiger partial charge is 0.463 e. The Balaban J connectivity index is 2.08. The lowest BCUT2D eigenvalue weighted by Crippen LogP contribution is -2.04. The predicted molar refractivity (Wildman–Crippen MR) is 133 cm³/mol. The van der Waals surface area contributed by atoms with Crippen LogP contribution in [0.4, 0.5) is 0 Å². The summed E-state index contributed by atoms with van der Waals surface area (Å²) in [5.41, 5.74) is 4.97. The maximum atomic E-state index is 6.34. The average Bonchev–Trinajstić information content (AvgIpc) is 2.79. The smallest absolute Gasteiger partial charge is 0.417 e. The van der Waals surface area contributed by atoms with Crippen molar-refractivity contribution in [3.63, 3.8) is 0 Å². The van der Waals surface area contributed by atoms with Gasteiger partial charge in [0.25, 0.3) is 0 Å². The van der Waals surface area contributed by atoms with E-state index in [1.165, 1.54) is 54.4 Å². The first-order valence-electron chi connectivity index (χ1n) is 12.1. The molecule has 1 unspecified atom stereocenters. The molecule has 2 aromatic rings. The summed E-state index contributed by atoms with van der Waals surface area (Å²) in [5.74, 6) is 1.74. The third-order valence-corrected chi connectivity index (χ3v) is 6.64. The van der Waals surface area contributed by atoms with Gasteiger partial charge in [-0.2, -0.15) is 0 Å². The van der Waals surface area contributed by atoms with Crippen LogP contribution in [-0.4, -0.2) is 6.61 Å². The molecule has 0 fully saturated rings. The topological polar surface area (TPSA) is 27.7 Å². The van der Waals surface area contributed by atoms with E-state index in [1.807, 2.05) is 6.07 Å². The maximum Gasteiger partial charge on any atom is 0.463 e. The van der Waals surface area contributed by atoms with Gasteiger partial charge in [-0.25, -0.2) is 0 Å². The highest BCUT2D eigenvalue weighted by molar-refractivity contribution is 7.42. The quantitative estimate of drug-likeness (QED) is 0.203. The van der Waals surface area contributed by atoms with Gasteiger partial charge in [-0.1, -0.05) is 89.6 Å². The molecule has 0 aromatic heterocycles. The van der Waals surface area contributed by atoms with Crippen LogP contribution >= 0.6 is 8.60 Å². The van der Waals surface area contributed by atoms with E-state index in [1.54, 1.807) is 0 Å². The van der Waals surface area contributed by atoms with Crippen molar-refractivity contribution in [1.29, 1.82) is 0 Å². The van der Waals surface area contributed by atoms with E-state index < -0.39 is 8.60 Å². The lowest BCUT2D eigenvalue weighted by molar-refractivity contribution is 0.257. The van der Waals surface area contributed by atoms with E-state index >= 15 is 0 Å². The van der Waals surface area contributed by atoms with Gasteiger partial charge in [-0.15, -0.1) is 0 Å². The van der Waals surface area contributed by atoms with E-state index in [2.05, 4.69) is 65.0 Å². The molecule has 0 saturated carbocycles. The zero-order valence-corrected chi connectivity index (χ0v) is 21.1. The number of aryl methyl sites for hydroxylation is 4. The molecule has 0 bridgehead atoms. The molecule has 3 nitrogen and oxygen atoms in total. The van der Waals surface area contributed by atoms with Gasteiger partial charge in [0.15, 0.2) is 0 Å². The average molecular weight is 445 g/mol. The highest BCUT2D eigenvalue weighted by Gasteiger charge is 2.20. The Hall–Kier alpha value is -1.57. The van der Waals surface area contributed by atoms with Crippen LogP contribution in [0, 0.1) is 6.92 Å². The second kappa shape index (κ2) is 14.5. The molecule has 0 N–H and O–H groups in total. The molecular weight excluding hydrogens is 403 g/mol. The molecule has 1 atom stereocenters. The maximum absolute atomic E-state index is 6.34. The van der Waals surface area contributed by atoms with Crippen LogP contribution in [0.2, 0.25) is 0 Å². The molecule has 4 heteroatoms. The van der Waals surface area contributed by atoms with Gasteiger partial charge in [-0.3, -0.25) is 4.52 Å². The summed E-state index contributed by atoms with van der Waals surface area (Å²) in [4.78, 5) is 0. The fraction of sp³-hybridized carbons (Fsp3) is 0.556. The molecule has 0 saturated heterocycles.